The smallest absolute Gasteiger partial charge is 0.345 e. The first kappa shape index (κ1) is 18.4. The van der Waals surface area contributed by atoms with Crippen LogP contribution in [0.25, 0.3) is 10.6 Å². The topological polar surface area (TPSA) is 82.5 Å². The lowest BCUT2D eigenvalue weighted by Crippen LogP contribution is -2.41. The highest BCUT2D eigenvalue weighted by atomic mass is 32.2. The van der Waals surface area contributed by atoms with Gasteiger partial charge in [-0.25, -0.2) is 9.78 Å². The second-order valence-corrected chi connectivity index (χ2v) is 9.27. The Balaban J connectivity index is 1.88. The minimum Gasteiger partial charge on any atom is -0.477 e. The maximum atomic E-state index is 10.9. The number of β-amino-alcohol motifs (C(OH)–C–C–N with tert-alkyl or cyclic N) is 1. The Morgan fingerprint density at radius 2 is 2.17 bits per heavy atom. The highest BCUT2D eigenvalue weighted by Gasteiger charge is 2.14. The van der Waals surface area contributed by atoms with E-state index < -0.39 is 12.1 Å². The molecular formula is C15H20N2O3S3. The molecule has 0 saturated heterocycles. The van der Waals surface area contributed by atoms with Crippen LogP contribution in [0.4, 0.5) is 0 Å². The molecule has 126 valence electrons. The summed E-state index contributed by atoms with van der Waals surface area (Å²) in [4.78, 5) is 16.6. The molecule has 0 spiro atoms. The highest BCUT2D eigenvalue weighted by Crippen LogP contribution is 2.32. The standard InChI is InChI=1S/C15H20N2O3S3/c1-15(2,3)16-6-9(18)7-21-14-17-10(8-22-14)11-4-5-12(23-11)13(19)20/h4-5,8-9,16,18H,6-7H2,1-3H3,(H,19,20). The molecule has 0 amide bonds. The predicted molar refractivity (Wildman–Crippen MR) is 96.9 cm³/mol. The third-order valence-electron chi connectivity index (χ3n) is 2.82. The van der Waals surface area contributed by atoms with Crippen LogP contribution >= 0.6 is 34.4 Å². The second-order valence-electron chi connectivity index (χ2n) is 6.06. The molecule has 23 heavy (non-hydrogen) atoms. The van der Waals surface area contributed by atoms with Gasteiger partial charge in [0, 0.05) is 23.2 Å². The molecule has 5 nitrogen and oxygen atoms in total. The lowest BCUT2D eigenvalue weighted by molar-refractivity contribution is 0.0702. The molecule has 1 atom stereocenters. The third-order valence-corrected chi connectivity index (χ3v) is 6.08. The summed E-state index contributed by atoms with van der Waals surface area (Å²) in [5.74, 6) is -0.346. The van der Waals surface area contributed by atoms with E-state index in [1.165, 1.54) is 34.4 Å². The number of nitrogens with zero attached hydrogens (tertiary/aromatic N) is 1. The first-order valence-corrected chi connectivity index (χ1v) is 9.78. The lowest BCUT2D eigenvalue weighted by atomic mass is 10.1. The van der Waals surface area contributed by atoms with Crippen molar-refractivity contribution < 1.29 is 15.0 Å². The van der Waals surface area contributed by atoms with Gasteiger partial charge in [-0.2, -0.15) is 0 Å². The van der Waals surface area contributed by atoms with Crippen molar-refractivity contribution in [2.45, 2.75) is 36.8 Å². The van der Waals surface area contributed by atoms with Gasteiger partial charge in [-0.15, -0.1) is 22.7 Å². The predicted octanol–water partition coefficient (Wildman–Crippen LogP) is 3.41. The zero-order valence-corrected chi connectivity index (χ0v) is 15.6. The highest BCUT2D eigenvalue weighted by molar-refractivity contribution is 8.01. The summed E-state index contributed by atoms with van der Waals surface area (Å²) in [5, 5.41) is 24.1. The number of rotatable bonds is 7. The monoisotopic (exact) mass is 372 g/mol. The molecule has 2 heterocycles. The fraction of sp³-hybridized carbons (Fsp3) is 0.467. The van der Waals surface area contributed by atoms with Crippen LogP contribution in [0.3, 0.4) is 0 Å². The molecule has 8 heteroatoms. The molecule has 2 aromatic heterocycles. The number of aromatic nitrogens is 1. The summed E-state index contributed by atoms with van der Waals surface area (Å²) in [6.07, 6.45) is -0.438. The Hall–Kier alpha value is -0.930. The van der Waals surface area contributed by atoms with Gasteiger partial charge in [0.05, 0.1) is 16.7 Å². The molecule has 0 bridgehead atoms. The number of aliphatic hydroxyl groups is 1. The van der Waals surface area contributed by atoms with Crippen LogP contribution in [-0.4, -0.2) is 45.1 Å². The van der Waals surface area contributed by atoms with Gasteiger partial charge in [0.2, 0.25) is 0 Å². The summed E-state index contributed by atoms with van der Waals surface area (Å²) in [5.41, 5.74) is 0.776. The number of nitrogens with one attached hydrogen (secondary N) is 1. The van der Waals surface area contributed by atoms with E-state index in [1.54, 1.807) is 12.1 Å². The van der Waals surface area contributed by atoms with Gasteiger partial charge in [0.1, 0.15) is 4.88 Å². The minimum atomic E-state index is -0.916. The van der Waals surface area contributed by atoms with Crippen molar-refractivity contribution >= 4 is 40.4 Å². The van der Waals surface area contributed by atoms with Crippen LogP contribution in [-0.2, 0) is 0 Å². The Bertz CT molecular complexity index is 661. The van der Waals surface area contributed by atoms with Crippen molar-refractivity contribution in [1.82, 2.24) is 10.3 Å². The number of hydrogen-bond acceptors (Lipinski definition) is 7. The number of thiazole rings is 1. The zero-order valence-electron chi connectivity index (χ0n) is 13.2. The van der Waals surface area contributed by atoms with Crippen molar-refractivity contribution in [2.75, 3.05) is 12.3 Å². The molecule has 2 aromatic rings. The van der Waals surface area contributed by atoms with Gasteiger partial charge in [-0.05, 0) is 32.9 Å². The molecule has 0 aliphatic heterocycles. The average molecular weight is 373 g/mol. The van der Waals surface area contributed by atoms with Crippen molar-refractivity contribution in [2.24, 2.45) is 0 Å². The number of hydrogen-bond donors (Lipinski definition) is 3. The Kier molecular flexibility index (Phi) is 6.21. The third kappa shape index (κ3) is 5.89. The van der Waals surface area contributed by atoms with E-state index in [2.05, 4.69) is 31.1 Å². The van der Waals surface area contributed by atoms with Crippen LogP contribution < -0.4 is 5.32 Å². The Morgan fingerprint density at radius 3 is 2.78 bits per heavy atom. The lowest BCUT2D eigenvalue weighted by Gasteiger charge is -2.22. The fourth-order valence-corrected chi connectivity index (χ4v) is 4.34. The van der Waals surface area contributed by atoms with E-state index in [0.717, 1.165) is 14.9 Å². The van der Waals surface area contributed by atoms with Gasteiger partial charge in [-0.3, -0.25) is 0 Å². The van der Waals surface area contributed by atoms with Gasteiger partial charge < -0.3 is 15.5 Å². The van der Waals surface area contributed by atoms with Crippen LogP contribution in [0.5, 0.6) is 0 Å². The number of aliphatic hydroxyl groups excluding tert-OH is 1. The molecule has 0 radical (unpaired) electrons. The number of carbonyl (C=O) groups is 1. The quantitative estimate of drug-likeness (QED) is 0.646. The fourth-order valence-electron chi connectivity index (χ4n) is 1.68. The maximum absolute atomic E-state index is 10.9. The summed E-state index contributed by atoms with van der Waals surface area (Å²) >= 11 is 4.24. The number of carboxylic acids is 1. The van der Waals surface area contributed by atoms with Crippen LogP contribution in [0.15, 0.2) is 21.9 Å². The van der Waals surface area contributed by atoms with Crippen molar-refractivity contribution in [1.29, 1.82) is 0 Å². The average Bonchev–Trinajstić information content (AvgIpc) is 3.10. The summed E-state index contributed by atoms with van der Waals surface area (Å²) in [6.45, 7) is 6.73. The van der Waals surface area contributed by atoms with E-state index in [1.807, 2.05) is 5.38 Å². The van der Waals surface area contributed by atoms with Crippen molar-refractivity contribution in [3.63, 3.8) is 0 Å². The van der Waals surface area contributed by atoms with Gasteiger partial charge in [0.25, 0.3) is 0 Å². The Morgan fingerprint density at radius 1 is 1.43 bits per heavy atom. The van der Waals surface area contributed by atoms with Crippen molar-refractivity contribution in [3.8, 4) is 10.6 Å². The van der Waals surface area contributed by atoms with Crippen LogP contribution in [0.2, 0.25) is 0 Å². The van der Waals surface area contributed by atoms with Gasteiger partial charge in [0.15, 0.2) is 4.34 Å². The largest absolute Gasteiger partial charge is 0.477 e. The number of thioether (sulfide) groups is 1. The van der Waals surface area contributed by atoms with Crippen molar-refractivity contribution in [3.05, 3.63) is 22.4 Å². The van der Waals surface area contributed by atoms with E-state index >= 15 is 0 Å². The maximum Gasteiger partial charge on any atom is 0.345 e. The molecule has 0 fully saturated rings. The molecule has 0 aliphatic carbocycles. The number of thiophene rings is 1. The molecule has 1 unspecified atom stereocenters. The summed E-state index contributed by atoms with van der Waals surface area (Å²) in [6, 6.07) is 3.37. The van der Waals surface area contributed by atoms with E-state index in [9.17, 15) is 9.90 Å². The van der Waals surface area contributed by atoms with E-state index in [0.29, 0.717) is 17.2 Å². The number of carboxylic acid groups (broad SMARTS) is 1. The summed E-state index contributed by atoms with van der Waals surface area (Å²) in [7, 11) is 0. The van der Waals surface area contributed by atoms with Crippen LogP contribution in [0.1, 0.15) is 30.4 Å². The van der Waals surface area contributed by atoms with Crippen LogP contribution in [0, 0.1) is 0 Å². The Labute approximate surface area is 147 Å². The van der Waals surface area contributed by atoms with Gasteiger partial charge in [-0.1, -0.05) is 11.8 Å². The minimum absolute atomic E-state index is 0.0129. The van der Waals surface area contributed by atoms with E-state index in [4.69, 9.17) is 5.11 Å². The summed E-state index contributed by atoms with van der Waals surface area (Å²) < 4.78 is 0.875. The molecular weight excluding hydrogens is 352 g/mol. The molecule has 0 saturated carbocycles. The van der Waals surface area contributed by atoms with E-state index in [-0.39, 0.29) is 5.54 Å². The normalized spacial score (nSPS) is 13.2. The SMILES string of the molecule is CC(C)(C)NCC(O)CSc1nc(-c2ccc(C(=O)O)s2)cs1. The molecule has 2 rings (SSSR count). The van der Waals surface area contributed by atoms with Gasteiger partial charge >= 0.3 is 5.97 Å². The zero-order chi connectivity index (χ0) is 17.0. The molecule has 0 aliphatic rings. The first-order valence-electron chi connectivity index (χ1n) is 7.09. The number of aromatic carboxylic acids is 1. The second kappa shape index (κ2) is 7.76. The molecule has 0 aromatic carbocycles. The molecule has 3 N–H and O–H groups in total. The first-order chi connectivity index (χ1) is 10.7.